The number of ether oxygens (including phenoxy) is 1. The van der Waals surface area contributed by atoms with Gasteiger partial charge in [0.15, 0.2) is 0 Å². The Morgan fingerprint density at radius 2 is 1.71 bits per heavy atom. The molecule has 1 aliphatic rings. The molecule has 1 saturated heterocycles. The first-order valence-corrected chi connectivity index (χ1v) is 11.6. The van der Waals surface area contributed by atoms with Crippen LogP contribution in [0.4, 0.5) is 10.5 Å². The zero-order valence-electron chi connectivity index (χ0n) is 18.4. The van der Waals surface area contributed by atoms with Gasteiger partial charge in [0.2, 0.25) is 0 Å². The molecule has 4 rings (SSSR count). The van der Waals surface area contributed by atoms with Gasteiger partial charge in [-0.1, -0.05) is 69.0 Å². The lowest BCUT2D eigenvalue weighted by Gasteiger charge is -2.27. The van der Waals surface area contributed by atoms with Crippen molar-refractivity contribution < 1.29 is 19.1 Å². The van der Waals surface area contributed by atoms with Crippen LogP contribution in [-0.2, 0) is 16.2 Å². The molecule has 8 heteroatoms. The van der Waals surface area contributed by atoms with Crippen LogP contribution >= 0.6 is 27.5 Å². The summed E-state index contributed by atoms with van der Waals surface area (Å²) in [6, 6.07) is 17.0. The van der Waals surface area contributed by atoms with E-state index in [1.165, 1.54) is 12.1 Å². The number of rotatable bonds is 5. The predicted molar refractivity (Wildman–Crippen MR) is 135 cm³/mol. The monoisotopic (exact) mass is 538 g/mol. The van der Waals surface area contributed by atoms with Crippen molar-refractivity contribution in [1.29, 1.82) is 0 Å². The van der Waals surface area contributed by atoms with Gasteiger partial charge < -0.3 is 4.74 Å². The number of nitrogens with zero attached hydrogens (tertiary/aromatic N) is 1. The maximum atomic E-state index is 13.2. The minimum absolute atomic E-state index is 0.186. The number of carbonyl (C=O) groups excluding carboxylic acids is 3. The quantitative estimate of drug-likeness (QED) is 0.320. The largest absolute Gasteiger partial charge is 0.488 e. The SMILES string of the molecule is Cc1cc(C)cc(COc2ccc(Br)cc2/C=C2\C(=O)NC(=O)N(c3ccccc3Cl)C2=O)c1. The van der Waals surface area contributed by atoms with Gasteiger partial charge in [0.1, 0.15) is 17.9 Å². The number of hydrogen-bond donors (Lipinski definition) is 1. The average molecular weight is 540 g/mol. The van der Waals surface area contributed by atoms with Gasteiger partial charge in [0, 0.05) is 10.0 Å². The van der Waals surface area contributed by atoms with Gasteiger partial charge in [-0.3, -0.25) is 14.9 Å². The van der Waals surface area contributed by atoms with E-state index in [-0.39, 0.29) is 16.3 Å². The number of aryl methyl sites for hydroxylation is 2. The van der Waals surface area contributed by atoms with Gasteiger partial charge in [-0.2, -0.15) is 0 Å². The molecule has 0 saturated carbocycles. The standard InChI is InChI=1S/C26H20BrClN2O4/c1-15-9-16(2)11-17(10-15)14-34-23-8-7-19(27)12-18(23)13-20-24(31)29-26(33)30(25(20)32)22-6-4-3-5-21(22)28/h3-13H,14H2,1-2H3,(H,29,31,33)/b20-13+. The number of amides is 4. The van der Waals surface area contributed by atoms with Crippen LogP contribution < -0.4 is 15.0 Å². The third kappa shape index (κ3) is 5.05. The fourth-order valence-electron chi connectivity index (χ4n) is 3.74. The molecule has 172 valence electrons. The zero-order chi connectivity index (χ0) is 24.4. The number of hydrogen-bond acceptors (Lipinski definition) is 4. The number of halogens is 2. The summed E-state index contributed by atoms with van der Waals surface area (Å²) in [5.74, 6) is -1.09. The molecule has 34 heavy (non-hydrogen) atoms. The normalized spacial score (nSPS) is 15.0. The highest BCUT2D eigenvalue weighted by atomic mass is 79.9. The third-order valence-electron chi connectivity index (χ3n) is 5.14. The molecular weight excluding hydrogens is 520 g/mol. The van der Waals surface area contributed by atoms with Gasteiger partial charge >= 0.3 is 6.03 Å². The zero-order valence-corrected chi connectivity index (χ0v) is 20.7. The Bertz CT molecular complexity index is 1330. The highest BCUT2D eigenvalue weighted by molar-refractivity contribution is 9.10. The molecule has 0 unspecified atom stereocenters. The van der Waals surface area contributed by atoms with E-state index >= 15 is 0 Å². The van der Waals surface area contributed by atoms with Crippen molar-refractivity contribution in [2.24, 2.45) is 0 Å². The van der Waals surface area contributed by atoms with Gasteiger partial charge in [-0.25, -0.2) is 9.69 Å². The molecule has 1 heterocycles. The highest BCUT2D eigenvalue weighted by Crippen LogP contribution is 2.31. The van der Waals surface area contributed by atoms with Crippen molar-refractivity contribution in [3.05, 3.63) is 98.0 Å². The first-order valence-electron chi connectivity index (χ1n) is 10.4. The van der Waals surface area contributed by atoms with Crippen LogP contribution in [0.25, 0.3) is 6.08 Å². The van der Waals surface area contributed by atoms with Crippen molar-refractivity contribution in [3.63, 3.8) is 0 Å². The molecule has 0 spiro atoms. The van der Waals surface area contributed by atoms with E-state index in [2.05, 4.69) is 27.3 Å². The van der Waals surface area contributed by atoms with Crippen molar-refractivity contribution in [1.82, 2.24) is 5.32 Å². The second-order valence-electron chi connectivity index (χ2n) is 7.88. The molecule has 6 nitrogen and oxygen atoms in total. The van der Waals surface area contributed by atoms with Crippen molar-refractivity contribution in [3.8, 4) is 5.75 Å². The summed E-state index contributed by atoms with van der Waals surface area (Å²) in [4.78, 5) is 39.1. The van der Waals surface area contributed by atoms with Crippen LogP contribution in [0, 0.1) is 13.8 Å². The van der Waals surface area contributed by atoms with Crippen molar-refractivity contribution >= 4 is 57.1 Å². The average Bonchev–Trinajstić information content (AvgIpc) is 2.76. The number of nitrogens with one attached hydrogen (secondary N) is 1. The first-order chi connectivity index (χ1) is 16.2. The van der Waals surface area contributed by atoms with Crippen molar-refractivity contribution in [2.75, 3.05) is 4.90 Å². The Labute approximate surface area is 210 Å². The van der Waals surface area contributed by atoms with E-state index in [9.17, 15) is 14.4 Å². The van der Waals surface area contributed by atoms with Gasteiger partial charge in [0.05, 0.1) is 10.7 Å². The number of para-hydroxylation sites is 1. The molecule has 1 fully saturated rings. The predicted octanol–water partition coefficient (Wildman–Crippen LogP) is 5.96. The Morgan fingerprint density at radius 1 is 1.00 bits per heavy atom. The molecule has 0 aliphatic carbocycles. The summed E-state index contributed by atoms with van der Waals surface area (Å²) in [6.45, 7) is 4.35. The highest BCUT2D eigenvalue weighted by Gasteiger charge is 2.37. The van der Waals surface area contributed by atoms with E-state index in [1.807, 2.05) is 26.0 Å². The molecule has 0 aromatic heterocycles. The number of carbonyl (C=O) groups is 3. The minimum atomic E-state index is -0.860. The molecule has 0 atom stereocenters. The lowest BCUT2D eigenvalue weighted by molar-refractivity contribution is -0.122. The van der Waals surface area contributed by atoms with E-state index in [1.54, 1.807) is 36.4 Å². The molecular formula is C26H20BrClN2O4. The summed E-state index contributed by atoms with van der Waals surface area (Å²) in [6.07, 6.45) is 1.41. The molecule has 4 amide bonds. The summed E-state index contributed by atoms with van der Waals surface area (Å²) < 4.78 is 6.78. The van der Waals surface area contributed by atoms with Crippen LogP contribution in [0.5, 0.6) is 5.75 Å². The first kappa shape index (κ1) is 23.7. The second kappa shape index (κ2) is 9.83. The number of benzene rings is 3. The lowest BCUT2D eigenvalue weighted by atomic mass is 10.1. The summed E-state index contributed by atoms with van der Waals surface area (Å²) in [5, 5.41) is 2.42. The maximum Gasteiger partial charge on any atom is 0.335 e. The van der Waals surface area contributed by atoms with E-state index in [0.717, 1.165) is 26.1 Å². The molecule has 0 bridgehead atoms. The summed E-state index contributed by atoms with van der Waals surface area (Å²) >= 11 is 9.62. The Morgan fingerprint density at radius 3 is 2.41 bits per heavy atom. The Hall–Kier alpha value is -3.42. The second-order valence-corrected chi connectivity index (χ2v) is 9.20. The van der Waals surface area contributed by atoms with E-state index in [0.29, 0.717) is 17.9 Å². The third-order valence-corrected chi connectivity index (χ3v) is 5.96. The Kier molecular flexibility index (Phi) is 6.86. The van der Waals surface area contributed by atoms with Gasteiger partial charge in [-0.15, -0.1) is 0 Å². The number of urea groups is 1. The molecule has 0 radical (unpaired) electrons. The van der Waals surface area contributed by atoms with Crippen LogP contribution in [-0.4, -0.2) is 17.8 Å². The van der Waals surface area contributed by atoms with Crippen molar-refractivity contribution in [2.45, 2.75) is 20.5 Å². The minimum Gasteiger partial charge on any atom is -0.488 e. The fraction of sp³-hybridized carbons (Fsp3) is 0.115. The Balaban J connectivity index is 1.69. The molecule has 3 aromatic rings. The van der Waals surface area contributed by atoms with Crippen LogP contribution in [0.3, 0.4) is 0 Å². The van der Waals surface area contributed by atoms with Gasteiger partial charge in [0.25, 0.3) is 11.8 Å². The van der Waals surface area contributed by atoms with Crippen LogP contribution in [0.1, 0.15) is 22.3 Å². The van der Waals surface area contributed by atoms with E-state index in [4.69, 9.17) is 16.3 Å². The summed E-state index contributed by atoms with van der Waals surface area (Å²) in [7, 11) is 0. The molecule has 3 aromatic carbocycles. The smallest absolute Gasteiger partial charge is 0.335 e. The van der Waals surface area contributed by atoms with Gasteiger partial charge in [-0.05, 0) is 55.8 Å². The van der Waals surface area contributed by atoms with E-state index < -0.39 is 17.8 Å². The number of imide groups is 2. The number of anilines is 1. The molecule has 1 aliphatic heterocycles. The lowest BCUT2D eigenvalue weighted by Crippen LogP contribution is -2.54. The molecule has 1 N–H and O–H groups in total. The number of barbiturate groups is 1. The van der Waals surface area contributed by atoms with Crippen LogP contribution in [0.15, 0.2) is 70.7 Å². The fourth-order valence-corrected chi connectivity index (χ4v) is 4.34. The topological polar surface area (TPSA) is 75.7 Å². The summed E-state index contributed by atoms with van der Waals surface area (Å²) in [5.41, 5.74) is 3.74. The maximum absolute atomic E-state index is 13.2. The van der Waals surface area contributed by atoms with Crippen LogP contribution in [0.2, 0.25) is 5.02 Å².